The molecule has 1 saturated heterocycles. The largest absolute Gasteiger partial charge is 0.352 e. The number of piperidine rings is 1. The number of amides is 3. The van der Waals surface area contributed by atoms with Crippen LogP contribution in [-0.4, -0.2) is 47.8 Å². The molecule has 6 nitrogen and oxygen atoms in total. The zero-order valence-electron chi connectivity index (χ0n) is 18.8. The zero-order chi connectivity index (χ0) is 24.0. The van der Waals surface area contributed by atoms with Gasteiger partial charge in [0.25, 0.3) is 11.8 Å². The van der Waals surface area contributed by atoms with E-state index >= 15 is 0 Å². The van der Waals surface area contributed by atoms with E-state index in [0.29, 0.717) is 25.9 Å². The van der Waals surface area contributed by atoms with Gasteiger partial charge in [0, 0.05) is 24.7 Å². The Kier molecular flexibility index (Phi) is 8.14. The Morgan fingerprint density at radius 2 is 1.73 bits per heavy atom. The van der Waals surface area contributed by atoms with E-state index in [9.17, 15) is 23.2 Å². The molecule has 3 rings (SSSR count). The number of halogens is 2. The van der Waals surface area contributed by atoms with Gasteiger partial charge in [-0.1, -0.05) is 25.1 Å². The third-order valence-electron chi connectivity index (χ3n) is 6.06. The lowest BCUT2D eigenvalue weighted by molar-refractivity contribution is -0.125. The van der Waals surface area contributed by atoms with Crippen molar-refractivity contribution in [1.29, 1.82) is 0 Å². The van der Waals surface area contributed by atoms with Crippen molar-refractivity contribution in [2.45, 2.75) is 45.2 Å². The average molecular weight is 458 g/mol. The summed E-state index contributed by atoms with van der Waals surface area (Å²) in [7, 11) is 0. The SMILES string of the molecule is CC[C@H](C)NC(=O)[C@@H](NC(=O)c1ccccc1F)C1CCN(C(=O)c2cccc(F)c2)CC1. The summed E-state index contributed by atoms with van der Waals surface area (Å²) in [5, 5.41) is 5.61. The molecule has 1 aliphatic rings. The molecule has 1 fully saturated rings. The first-order chi connectivity index (χ1) is 15.8. The number of hydrogen-bond acceptors (Lipinski definition) is 3. The van der Waals surface area contributed by atoms with Gasteiger partial charge in [-0.3, -0.25) is 14.4 Å². The third kappa shape index (κ3) is 6.15. The van der Waals surface area contributed by atoms with Crippen LogP contribution in [0.2, 0.25) is 0 Å². The summed E-state index contributed by atoms with van der Waals surface area (Å²) in [5.74, 6) is -2.63. The standard InChI is InChI=1S/C25H29F2N3O3/c1-3-16(2)28-24(32)22(29-23(31)20-9-4-5-10-21(20)27)17-11-13-30(14-12-17)25(33)18-7-6-8-19(26)15-18/h4-10,15-17,22H,3,11-14H2,1-2H3,(H,28,32)(H,29,31)/t16-,22-/m0/s1. The molecule has 0 radical (unpaired) electrons. The van der Waals surface area contributed by atoms with E-state index < -0.39 is 23.6 Å². The van der Waals surface area contributed by atoms with Gasteiger partial charge in [-0.25, -0.2) is 8.78 Å². The molecule has 0 saturated carbocycles. The molecule has 2 aromatic carbocycles. The van der Waals surface area contributed by atoms with Crippen molar-refractivity contribution >= 4 is 17.7 Å². The van der Waals surface area contributed by atoms with E-state index in [2.05, 4.69) is 10.6 Å². The Morgan fingerprint density at radius 3 is 2.36 bits per heavy atom. The van der Waals surface area contributed by atoms with Gasteiger partial charge in [0.2, 0.25) is 5.91 Å². The van der Waals surface area contributed by atoms with Crippen LogP contribution in [0, 0.1) is 17.6 Å². The lowest BCUT2D eigenvalue weighted by atomic mass is 9.88. The monoisotopic (exact) mass is 457 g/mol. The molecule has 2 N–H and O–H groups in total. The second-order valence-corrected chi connectivity index (χ2v) is 8.39. The Balaban J connectivity index is 1.71. The normalized spacial score (nSPS) is 16.1. The summed E-state index contributed by atoms with van der Waals surface area (Å²) in [4.78, 5) is 40.1. The predicted molar refractivity (Wildman–Crippen MR) is 121 cm³/mol. The second-order valence-electron chi connectivity index (χ2n) is 8.39. The fourth-order valence-corrected chi connectivity index (χ4v) is 3.94. The number of benzene rings is 2. The maximum atomic E-state index is 14.1. The highest BCUT2D eigenvalue weighted by molar-refractivity contribution is 5.98. The Morgan fingerprint density at radius 1 is 1.03 bits per heavy atom. The van der Waals surface area contributed by atoms with Gasteiger partial charge in [-0.05, 0) is 62.4 Å². The average Bonchev–Trinajstić information content (AvgIpc) is 2.82. The number of rotatable bonds is 7. The summed E-state index contributed by atoms with van der Waals surface area (Å²) in [6.07, 6.45) is 1.66. The van der Waals surface area contributed by atoms with E-state index in [0.717, 1.165) is 6.42 Å². The van der Waals surface area contributed by atoms with Crippen molar-refractivity contribution in [3.05, 3.63) is 71.3 Å². The molecule has 0 spiro atoms. The maximum absolute atomic E-state index is 14.1. The second kappa shape index (κ2) is 11.0. The first-order valence-corrected chi connectivity index (χ1v) is 11.2. The van der Waals surface area contributed by atoms with Crippen molar-refractivity contribution in [3.63, 3.8) is 0 Å². The van der Waals surface area contributed by atoms with Crippen LogP contribution in [0.3, 0.4) is 0 Å². The summed E-state index contributed by atoms with van der Waals surface area (Å²) in [6.45, 7) is 4.54. The summed E-state index contributed by atoms with van der Waals surface area (Å²) >= 11 is 0. The van der Waals surface area contributed by atoms with E-state index in [1.807, 2.05) is 13.8 Å². The molecule has 8 heteroatoms. The van der Waals surface area contributed by atoms with Gasteiger partial charge in [0.1, 0.15) is 17.7 Å². The number of nitrogens with one attached hydrogen (secondary N) is 2. The van der Waals surface area contributed by atoms with Crippen LogP contribution in [0.15, 0.2) is 48.5 Å². The summed E-state index contributed by atoms with van der Waals surface area (Å²) in [5.41, 5.74) is 0.143. The van der Waals surface area contributed by atoms with Crippen LogP contribution < -0.4 is 10.6 Å². The Labute approximate surface area is 192 Å². The van der Waals surface area contributed by atoms with Gasteiger partial charge >= 0.3 is 0 Å². The van der Waals surface area contributed by atoms with Crippen molar-refractivity contribution < 1.29 is 23.2 Å². The number of carbonyl (C=O) groups is 3. The molecule has 0 aromatic heterocycles. The highest BCUT2D eigenvalue weighted by Crippen LogP contribution is 2.23. The van der Waals surface area contributed by atoms with E-state index in [1.54, 1.807) is 17.0 Å². The summed E-state index contributed by atoms with van der Waals surface area (Å²) in [6, 6.07) is 10.2. The zero-order valence-corrected chi connectivity index (χ0v) is 18.8. The molecule has 1 heterocycles. The number of carbonyl (C=O) groups excluding carboxylic acids is 3. The van der Waals surface area contributed by atoms with Gasteiger partial charge in [-0.15, -0.1) is 0 Å². The fourth-order valence-electron chi connectivity index (χ4n) is 3.94. The van der Waals surface area contributed by atoms with Crippen LogP contribution in [0.25, 0.3) is 0 Å². The van der Waals surface area contributed by atoms with E-state index in [1.165, 1.54) is 36.4 Å². The van der Waals surface area contributed by atoms with Crippen LogP contribution in [0.1, 0.15) is 53.8 Å². The van der Waals surface area contributed by atoms with Crippen molar-refractivity contribution in [1.82, 2.24) is 15.5 Å². The quantitative estimate of drug-likeness (QED) is 0.668. The Hall–Kier alpha value is -3.29. The fraction of sp³-hybridized carbons (Fsp3) is 0.400. The molecular weight excluding hydrogens is 428 g/mol. The molecule has 2 atom stereocenters. The minimum Gasteiger partial charge on any atom is -0.352 e. The number of likely N-dealkylation sites (tertiary alicyclic amines) is 1. The molecule has 0 unspecified atom stereocenters. The number of nitrogens with zero attached hydrogens (tertiary/aromatic N) is 1. The van der Waals surface area contributed by atoms with Crippen LogP contribution in [0.4, 0.5) is 8.78 Å². The van der Waals surface area contributed by atoms with Crippen LogP contribution in [0.5, 0.6) is 0 Å². The van der Waals surface area contributed by atoms with Crippen molar-refractivity contribution in [2.75, 3.05) is 13.1 Å². The minimum atomic E-state index is -0.863. The molecule has 176 valence electrons. The molecule has 2 aromatic rings. The van der Waals surface area contributed by atoms with Gasteiger partial charge < -0.3 is 15.5 Å². The molecular formula is C25H29F2N3O3. The van der Waals surface area contributed by atoms with E-state index in [-0.39, 0.29) is 34.9 Å². The smallest absolute Gasteiger partial charge is 0.254 e. The van der Waals surface area contributed by atoms with Gasteiger partial charge in [0.15, 0.2) is 0 Å². The maximum Gasteiger partial charge on any atom is 0.254 e. The Bertz CT molecular complexity index is 1010. The van der Waals surface area contributed by atoms with Gasteiger partial charge in [-0.2, -0.15) is 0 Å². The van der Waals surface area contributed by atoms with Crippen LogP contribution >= 0.6 is 0 Å². The highest BCUT2D eigenvalue weighted by atomic mass is 19.1. The molecule has 1 aliphatic heterocycles. The number of hydrogen-bond donors (Lipinski definition) is 2. The third-order valence-corrected chi connectivity index (χ3v) is 6.06. The predicted octanol–water partition coefficient (Wildman–Crippen LogP) is 3.53. The lowest BCUT2D eigenvalue weighted by Gasteiger charge is -2.36. The molecule has 0 aliphatic carbocycles. The first kappa shape index (κ1) is 24.4. The highest BCUT2D eigenvalue weighted by Gasteiger charge is 2.35. The van der Waals surface area contributed by atoms with Crippen molar-refractivity contribution in [3.8, 4) is 0 Å². The molecule has 0 bridgehead atoms. The van der Waals surface area contributed by atoms with E-state index in [4.69, 9.17) is 0 Å². The minimum absolute atomic E-state index is 0.0833. The molecule has 33 heavy (non-hydrogen) atoms. The summed E-state index contributed by atoms with van der Waals surface area (Å²) < 4.78 is 27.6. The molecule has 3 amide bonds. The van der Waals surface area contributed by atoms with Crippen LogP contribution in [-0.2, 0) is 4.79 Å². The van der Waals surface area contributed by atoms with Gasteiger partial charge in [0.05, 0.1) is 5.56 Å². The van der Waals surface area contributed by atoms with Crippen molar-refractivity contribution in [2.24, 2.45) is 5.92 Å². The first-order valence-electron chi connectivity index (χ1n) is 11.2. The topological polar surface area (TPSA) is 78.5 Å². The lowest BCUT2D eigenvalue weighted by Crippen LogP contribution is -2.55.